The van der Waals surface area contributed by atoms with Gasteiger partial charge in [-0.3, -0.25) is 4.79 Å². The van der Waals surface area contributed by atoms with Crippen LogP contribution in [0.2, 0.25) is 0 Å². The lowest BCUT2D eigenvalue weighted by molar-refractivity contribution is 0.0146. The molecule has 0 atom stereocenters. The number of likely N-dealkylation sites (tertiary alicyclic amines) is 1. The fraction of sp³-hybridized carbons (Fsp3) is 0.438. The van der Waals surface area contributed by atoms with Gasteiger partial charge in [0.15, 0.2) is 5.82 Å². The number of nitrogens with zero attached hydrogens (tertiary/aromatic N) is 4. The van der Waals surface area contributed by atoms with Gasteiger partial charge in [-0.25, -0.2) is 9.67 Å². The third kappa shape index (κ3) is 3.17. The third-order valence-electron chi connectivity index (χ3n) is 3.87. The van der Waals surface area contributed by atoms with E-state index >= 15 is 0 Å². The Morgan fingerprint density at radius 2 is 2.18 bits per heavy atom. The maximum absolute atomic E-state index is 12.5. The Morgan fingerprint density at radius 3 is 2.77 bits per heavy atom. The summed E-state index contributed by atoms with van der Waals surface area (Å²) in [6.07, 6.45) is 7.23. The molecule has 0 bridgehead atoms. The van der Waals surface area contributed by atoms with Crippen LogP contribution in [0.1, 0.15) is 30.1 Å². The molecule has 6 heteroatoms. The van der Waals surface area contributed by atoms with Gasteiger partial charge in [-0.05, 0) is 38.0 Å². The van der Waals surface area contributed by atoms with Gasteiger partial charge in [0.1, 0.15) is 0 Å². The van der Waals surface area contributed by atoms with Crippen LogP contribution in [-0.4, -0.2) is 51.4 Å². The molecule has 0 unspecified atom stereocenters. The molecule has 2 aromatic rings. The molecule has 0 radical (unpaired) electrons. The van der Waals surface area contributed by atoms with Crippen LogP contribution in [-0.2, 0) is 4.74 Å². The Labute approximate surface area is 129 Å². The van der Waals surface area contributed by atoms with Crippen LogP contribution in [0.4, 0.5) is 0 Å². The fourth-order valence-electron chi connectivity index (χ4n) is 2.70. The summed E-state index contributed by atoms with van der Waals surface area (Å²) >= 11 is 0. The van der Waals surface area contributed by atoms with Gasteiger partial charge in [0, 0.05) is 38.3 Å². The first-order chi connectivity index (χ1) is 10.8. The molecule has 1 aliphatic rings. The zero-order valence-corrected chi connectivity index (χ0v) is 12.7. The minimum atomic E-state index is 0.0365. The van der Waals surface area contributed by atoms with Crippen LogP contribution in [0.3, 0.4) is 0 Å². The topological polar surface area (TPSA) is 60.2 Å². The number of hydrogen-bond donors (Lipinski definition) is 0. The van der Waals surface area contributed by atoms with Gasteiger partial charge in [0.05, 0.1) is 11.7 Å². The number of aromatic nitrogens is 3. The van der Waals surface area contributed by atoms with Crippen LogP contribution in [0.15, 0.2) is 36.8 Å². The molecule has 3 heterocycles. The molecule has 2 aromatic heterocycles. The zero-order valence-electron chi connectivity index (χ0n) is 12.7. The van der Waals surface area contributed by atoms with E-state index in [1.165, 1.54) is 0 Å². The van der Waals surface area contributed by atoms with Crippen molar-refractivity contribution >= 4 is 5.91 Å². The van der Waals surface area contributed by atoms with E-state index in [1.807, 2.05) is 30.2 Å². The van der Waals surface area contributed by atoms with Crippen LogP contribution in [0.25, 0.3) is 5.82 Å². The molecule has 22 heavy (non-hydrogen) atoms. The molecule has 3 rings (SSSR count). The Bertz CT molecular complexity index is 602. The fourth-order valence-corrected chi connectivity index (χ4v) is 2.70. The first-order valence-electron chi connectivity index (χ1n) is 7.65. The number of pyridine rings is 1. The number of piperidine rings is 1. The SMILES string of the molecule is CCOC1CCN(C(=O)c2ccc(-n3cccn3)nc2)CC1. The number of carbonyl (C=O) groups is 1. The second-order valence-electron chi connectivity index (χ2n) is 5.30. The minimum Gasteiger partial charge on any atom is -0.378 e. The van der Waals surface area contributed by atoms with Crippen molar-refractivity contribution < 1.29 is 9.53 Å². The summed E-state index contributed by atoms with van der Waals surface area (Å²) in [5.74, 6) is 0.742. The number of ether oxygens (including phenoxy) is 1. The summed E-state index contributed by atoms with van der Waals surface area (Å²) in [6, 6.07) is 5.46. The lowest BCUT2D eigenvalue weighted by Gasteiger charge is -2.31. The number of carbonyl (C=O) groups excluding carboxylic acids is 1. The van der Waals surface area contributed by atoms with E-state index in [1.54, 1.807) is 23.1 Å². The van der Waals surface area contributed by atoms with E-state index < -0.39 is 0 Å². The van der Waals surface area contributed by atoms with Crippen LogP contribution in [0.5, 0.6) is 0 Å². The van der Waals surface area contributed by atoms with Crippen molar-refractivity contribution in [2.45, 2.75) is 25.9 Å². The van der Waals surface area contributed by atoms with Crippen molar-refractivity contribution in [2.24, 2.45) is 0 Å². The third-order valence-corrected chi connectivity index (χ3v) is 3.87. The largest absolute Gasteiger partial charge is 0.378 e. The molecule has 1 aliphatic heterocycles. The minimum absolute atomic E-state index is 0.0365. The number of hydrogen-bond acceptors (Lipinski definition) is 4. The Morgan fingerprint density at radius 1 is 1.36 bits per heavy atom. The summed E-state index contributed by atoms with van der Waals surface area (Å²) in [6.45, 7) is 4.22. The number of rotatable bonds is 4. The molecule has 0 aromatic carbocycles. The summed E-state index contributed by atoms with van der Waals surface area (Å²) in [5.41, 5.74) is 0.616. The second-order valence-corrected chi connectivity index (χ2v) is 5.30. The molecule has 1 fully saturated rings. The normalized spacial score (nSPS) is 16.0. The monoisotopic (exact) mass is 300 g/mol. The van der Waals surface area contributed by atoms with Gasteiger partial charge < -0.3 is 9.64 Å². The van der Waals surface area contributed by atoms with Crippen molar-refractivity contribution in [1.29, 1.82) is 0 Å². The summed E-state index contributed by atoms with van der Waals surface area (Å²) in [7, 11) is 0. The van der Waals surface area contributed by atoms with Gasteiger partial charge in [-0.1, -0.05) is 0 Å². The standard InChI is InChI=1S/C16H20N4O2/c1-2-22-14-6-10-19(11-7-14)16(21)13-4-5-15(17-12-13)20-9-3-8-18-20/h3-5,8-9,12,14H,2,6-7,10-11H2,1H3. The maximum Gasteiger partial charge on any atom is 0.255 e. The predicted octanol–water partition coefficient (Wildman–Crippen LogP) is 1.91. The molecule has 116 valence electrons. The molecule has 0 saturated carbocycles. The summed E-state index contributed by atoms with van der Waals surface area (Å²) in [4.78, 5) is 18.7. The Balaban J connectivity index is 1.63. The molecule has 0 spiro atoms. The van der Waals surface area contributed by atoms with Gasteiger partial charge in [0.25, 0.3) is 5.91 Å². The van der Waals surface area contributed by atoms with Gasteiger partial charge >= 0.3 is 0 Å². The summed E-state index contributed by atoms with van der Waals surface area (Å²) in [5, 5.41) is 4.12. The van der Waals surface area contributed by atoms with Crippen LogP contribution < -0.4 is 0 Å². The molecular weight excluding hydrogens is 280 g/mol. The Hall–Kier alpha value is -2.21. The van der Waals surface area contributed by atoms with Crippen molar-refractivity contribution in [3.8, 4) is 5.82 Å². The predicted molar refractivity (Wildman–Crippen MR) is 81.9 cm³/mol. The quantitative estimate of drug-likeness (QED) is 0.865. The van der Waals surface area contributed by atoms with Crippen LogP contribution >= 0.6 is 0 Å². The first-order valence-corrected chi connectivity index (χ1v) is 7.65. The molecule has 0 aliphatic carbocycles. The molecular formula is C16H20N4O2. The lowest BCUT2D eigenvalue weighted by Crippen LogP contribution is -2.40. The van der Waals surface area contributed by atoms with Gasteiger partial charge in [-0.2, -0.15) is 5.10 Å². The van der Waals surface area contributed by atoms with E-state index in [4.69, 9.17) is 4.74 Å². The lowest BCUT2D eigenvalue weighted by atomic mass is 10.1. The Kier molecular flexibility index (Phi) is 4.48. The highest BCUT2D eigenvalue weighted by Crippen LogP contribution is 2.16. The van der Waals surface area contributed by atoms with Crippen molar-refractivity contribution in [1.82, 2.24) is 19.7 Å². The highest BCUT2D eigenvalue weighted by Gasteiger charge is 2.23. The summed E-state index contributed by atoms with van der Waals surface area (Å²) < 4.78 is 7.28. The van der Waals surface area contributed by atoms with Gasteiger partial charge in [-0.15, -0.1) is 0 Å². The van der Waals surface area contributed by atoms with E-state index in [9.17, 15) is 4.79 Å². The van der Waals surface area contributed by atoms with Gasteiger partial charge in [0.2, 0.25) is 0 Å². The van der Waals surface area contributed by atoms with Crippen molar-refractivity contribution in [3.63, 3.8) is 0 Å². The second kappa shape index (κ2) is 6.70. The van der Waals surface area contributed by atoms with Crippen LogP contribution in [0, 0.1) is 0 Å². The van der Waals surface area contributed by atoms with Crippen molar-refractivity contribution in [2.75, 3.05) is 19.7 Å². The molecule has 0 N–H and O–H groups in total. The average Bonchev–Trinajstić information content (AvgIpc) is 3.10. The van der Waals surface area contributed by atoms with E-state index in [2.05, 4.69) is 10.1 Å². The average molecular weight is 300 g/mol. The maximum atomic E-state index is 12.5. The van der Waals surface area contributed by atoms with E-state index in [-0.39, 0.29) is 12.0 Å². The molecule has 1 amide bonds. The number of amides is 1. The van der Waals surface area contributed by atoms with E-state index in [0.717, 1.165) is 32.5 Å². The van der Waals surface area contributed by atoms with E-state index in [0.29, 0.717) is 11.4 Å². The highest BCUT2D eigenvalue weighted by molar-refractivity contribution is 5.94. The zero-order chi connectivity index (χ0) is 15.4. The smallest absolute Gasteiger partial charge is 0.255 e. The molecule has 6 nitrogen and oxygen atoms in total. The highest BCUT2D eigenvalue weighted by atomic mass is 16.5. The first kappa shape index (κ1) is 14.7. The molecule has 1 saturated heterocycles. The van der Waals surface area contributed by atoms with Crippen molar-refractivity contribution in [3.05, 3.63) is 42.4 Å².